The molecule has 0 heterocycles. The van der Waals surface area contributed by atoms with Crippen LogP contribution in [-0.4, -0.2) is 64.2 Å². The van der Waals surface area contributed by atoms with E-state index in [0.29, 0.717) is 24.7 Å². The van der Waals surface area contributed by atoms with Crippen molar-refractivity contribution in [2.24, 2.45) is 0 Å². The Kier molecular flexibility index (Phi) is 12.7. The molecule has 0 aliphatic rings. The lowest BCUT2D eigenvalue weighted by molar-refractivity contribution is -0.140. The second kappa shape index (κ2) is 16.9. The SMILES string of the molecule is CCNC(=O)C(Cc1ccccc1)N(Cc1cccc(OC)c1)C(=O)CN(c1ccc(OCC)cc1)S(=O)(=O)c1ccc(SC)cc1. The topological polar surface area (TPSA) is 105 Å². The Balaban J connectivity index is 1.80. The summed E-state index contributed by atoms with van der Waals surface area (Å²) >= 11 is 1.50. The molecule has 0 bridgehead atoms. The molecule has 0 aromatic heterocycles. The van der Waals surface area contributed by atoms with Crippen LogP contribution in [0.4, 0.5) is 5.69 Å². The maximum atomic E-state index is 14.6. The van der Waals surface area contributed by atoms with Gasteiger partial charge in [-0.2, -0.15) is 0 Å². The van der Waals surface area contributed by atoms with E-state index in [1.807, 2.05) is 62.6 Å². The molecule has 11 heteroatoms. The van der Waals surface area contributed by atoms with Crippen molar-refractivity contribution in [3.63, 3.8) is 0 Å². The fourth-order valence-corrected chi connectivity index (χ4v) is 6.91. The zero-order valence-corrected chi connectivity index (χ0v) is 28.7. The van der Waals surface area contributed by atoms with Crippen LogP contribution in [0, 0.1) is 0 Å². The number of methoxy groups -OCH3 is 1. The molecule has 0 aliphatic carbocycles. The number of amides is 2. The second-order valence-electron chi connectivity index (χ2n) is 10.6. The lowest BCUT2D eigenvalue weighted by Crippen LogP contribution is -2.53. The summed E-state index contributed by atoms with van der Waals surface area (Å²) in [6.45, 7) is 3.99. The molecule has 2 amide bonds. The molecule has 0 radical (unpaired) electrons. The number of nitrogens with one attached hydrogen (secondary N) is 1. The number of hydrogen-bond acceptors (Lipinski definition) is 7. The molecule has 0 fully saturated rings. The number of anilines is 1. The summed E-state index contributed by atoms with van der Waals surface area (Å²) in [6, 6.07) is 28.9. The maximum absolute atomic E-state index is 14.6. The number of ether oxygens (including phenoxy) is 2. The van der Waals surface area contributed by atoms with Crippen molar-refractivity contribution in [1.29, 1.82) is 0 Å². The molecule has 9 nitrogen and oxygen atoms in total. The third-order valence-electron chi connectivity index (χ3n) is 7.47. The Bertz CT molecular complexity index is 1720. The monoisotopic (exact) mass is 675 g/mol. The van der Waals surface area contributed by atoms with E-state index in [9.17, 15) is 18.0 Å². The van der Waals surface area contributed by atoms with Crippen LogP contribution in [0.5, 0.6) is 11.5 Å². The van der Waals surface area contributed by atoms with Gasteiger partial charge in [-0.05, 0) is 91.9 Å². The molecule has 4 aromatic rings. The summed E-state index contributed by atoms with van der Waals surface area (Å²) in [5.74, 6) is 0.289. The molecule has 1 atom stereocenters. The summed E-state index contributed by atoms with van der Waals surface area (Å²) in [6.07, 6.45) is 2.14. The minimum Gasteiger partial charge on any atom is -0.497 e. The van der Waals surface area contributed by atoms with Gasteiger partial charge in [0.05, 0.1) is 24.3 Å². The van der Waals surface area contributed by atoms with Crippen LogP contribution >= 0.6 is 11.8 Å². The van der Waals surface area contributed by atoms with Gasteiger partial charge in [0.15, 0.2) is 0 Å². The number of sulfonamides is 1. The first-order valence-electron chi connectivity index (χ1n) is 15.3. The Morgan fingerprint density at radius 2 is 1.53 bits per heavy atom. The number of carbonyl (C=O) groups excluding carboxylic acids is 2. The molecule has 1 N–H and O–H groups in total. The average Bonchev–Trinajstić information content (AvgIpc) is 3.09. The first kappa shape index (κ1) is 35.4. The Labute approximate surface area is 281 Å². The van der Waals surface area contributed by atoms with E-state index in [-0.39, 0.29) is 29.5 Å². The van der Waals surface area contributed by atoms with Gasteiger partial charge in [0.2, 0.25) is 11.8 Å². The highest BCUT2D eigenvalue weighted by atomic mass is 32.2. The highest BCUT2D eigenvalue weighted by Gasteiger charge is 2.34. The molecule has 4 rings (SSSR count). The third kappa shape index (κ3) is 9.30. The molecular weight excluding hydrogens is 635 g/mol. The van der Waals surface area contributed by atoms with Gasteiger partial charge in [-0.1, -0.05) is 42.5 Å². The van der Waals surface area contributed by atoms with Crippen LogP contribution in [0.2, 0.25) is 0 Å². The van der Waals surface area contributed by atoms with Gasteiger partial charge in [0.1, 0.15) is 24.1 Å². The van der Waals surface area contributed by atoms with Crippen molar-refractivity contribution in [1.82, 2.24) is 10.2 Å². The molecule has 0 saturated carbocycles. The number of likely N-dealkylation sites (N-methyl/N-ethyl adjacent to an activating group) is 1. The van der Waals surface area contributed by atoms with Gasteiger partial charge in [0.25, 0.3) is 10.0 Å². The number of hydrogen-bond donors (Lipinski definition) is 1. The van der Waals surface area contributed by atoms with Crippen LogP contribution in [0.15, 0.2) is 113 Å². The van der Waals surface area contributed by atoms with E-state index in [4.69, 9.17) is 9.47 Å². The van der Waals surface area contributed by atoms with Gasteiger partial charge in [-0.15, -0.1) is 11.8 Å². The molecule has 248 valence electrons. The molecule has 47 heavy (non-hydrogen) atoms. The van der Waals surface area contributed by atoms with Crippen molar-refractivity contribution < 1.29 is 27.5 Å². The maximum Gasteiger partial charge on any atom is 0.264 e. The predicted molar refractivity (Wildman–Crippen MR) is 187 cm³/mol. The van der Waals surface area contributed by atoms with Crippen molar-refractivity contribution in [3.05, 3.63) is 114 Å². The van der Waals surface area contributed by atoms with E-state index in [2.05, 4.69) is 5.32 Å². The minimum absolute atomic E-state index is 0.0425. The largest absolute Gasteiger partial charge is 0.497 e. The standard InChI is InChI=1S/C36H41N3O6S2/c1-5-37-36(41)34(24-27-11-8-7-9-12-27)38(25-28-13-10-14-31(23-28)44-3)35(40)26-39(29-15-17-30(18-16-29)45-6-2)47(42,43)33-21-19-32(46-4)20-22-33/h7-23,34H,5-6,24-26H2,1-4H3,(H,37,41). The first-order chi connectivity index (χ1) is 22.7. The van der Waals surface area contributed by atoms with Crippen molar-refractivity contribution >= 4 is 39.3 Å². The van der Waals surface area contributed by atoms with Gasteiger partial charge in [-0.25, -0.2) is 8.42 Å². The quantitative estimate of drug-likeness (QED) is 0.150. The number of thioether (sulfide) groups is 1. The fourth-order valence-electron chi connectivity index (χ4n) is 5.09. The number of nitrogens with zero attached hydrogens (tertiary/aromatic N) is 2. The molecule has 1 unspecified atom stereocenters. The third-order valence-corrected chi connectivity index (χ3v) is 10.0. The van der Waals surface area contributed by atoms with Gasteiger partial charge in [-0.3, -0.25) is 13.9 Å². The summed E-state index contributed by atoms with van der Waals surface area (Å²) in [5, 5.41) is 2.87. The van der Waals surface area contributed by atoms with Gasteiger partial charge >= 0.3 is 0 Å². The lowest BCUT2D eigenvalue weighted by Gasteiger charge is -2.34. The van der Waals surface area contributed by atoms with Crippen LogP contribution in [0.3, 0.4) is 0 Å². The Morgan fingerprint density at radius 3 is 2.15 bits per heavy atom. The van der Waals surface area contributed by atoms with Gasteiger partial charge < -0.3 is 19.7 Å². The normalized spacial score (nSPS) is 11.7. The van der Waals surface area contributed by atoms with E-state index in [0.717, 1.165) is 20.3 Å². The fraction of sp³-hybridized carbons (Fsp3) is 0.278. The van der Waals surface area contributed by atoms with E-state index in [1.54, 1.807) is 55.6 Å². The highest BCUT2D eigenvalue weighted by molar-refractivity contribution is 7.98. The van der Waals surface area contributed by atoms with Crippen molar-refractivity contribution in [2.45, 2.75) is 42.6 Å². The zero-order valence-electron chi connectivity index (χ0n) is 27.1. The highest BCUT2D eigenvalue weighted by Crippen LogP contribution is 2.28. The van der Waals surface area contributed by atoms with Crippen LogP contribution in [0.1, 0.15) is 25.0 Å². The van der Waals surface area contributed by atoms with Crippen LogP contribution in [-0.2, 0) is 32.6 Å². The average molecular weight is 676 g/mol. The van der Waals surface area contributed by atoms with Gasteiger partial charge in [0, 0.05) is 24.4 Å². The van der Waals surface area contributed by atoms with Crippen molar-refractivity contribution in [3.8, 4) is 11.5 Å². The molecular formula is C36H41N3O6S2. The Morgan fingerprint density at radius 1 is 0.851 bits per heavy atom. The number of rotatable bonds is 16. The van der Waals surface area contributed by atoms with Crippen molar-refractivity contribution in [2.75, 3.05) is 37.4 Å². The summed E-state index contributed by atoms with van der Waals surface area (Å²) in [7, 11) is -2.66. The molecule has 4 aromatic carbocycles. The van der Waals surface area contributed by atoms with Crippen LogP contribution in [0.25, 0.3) is 0 Å². The smallest absolute Gasteiger partial charge is 0.264 e. The molecule has 0 aliphatic heterocycles. The van der Waals surface area contributed by atoms with Crippen LogP contribution < -0.4 is 19.1 Å². The number of carbonyl (C=O) groups is 2. The van der Waals surface area contributed by atoms with E-state index in [1.165, 1.54) is 28.8 Å². The Hall–Kier alpha value is -4.48. The second-order valence-corrected chi connectivity index (χ2v) is 13.3. The predicted octanol–water partition coefficient (Wildman–Crippen LogP) is 5.79. The molecule has 0 saturated heterocycles. The molecule has 0 spiro atoms. The number of benzene rings is 4. The lowest BCUT2D eigenvalue weighted by atomic mass is 10.0. The summed E-state index contributed by atoms with van der Waals surface area (Å²) in [4.78, 5) is 30.6. The first-order valence-corrected chi connectivity index (χ1v) is 18.0. The minimum atomic E-state index is -4.22. The zero-order chi connectivity index (χ0) is 33.8. The van der Waals surface area contributed by atoms with E-state index >= 15 is 0 Å². The summed E-state index contributed by atoms with van der Waals surface area (Å²) < 4.78 is 40.6. The van der Waals surface area contributed by atoms with E-state index < -0.39 is 28.5 Å². The summed E-state index contributed by atoms with van der Waals surface area (Å²) in [5.41, 5.74) is 1.87.